The van der Waals surface area contributed by atoms with Gasteiger partial charge in [0.25, 0.3) is 0 Å². The maximum Gasteiger partial charge on any atom is 0.221 e. The number of nitrogens with one attached hydrogen (secondary N) is 1. The van der Waals surface area contributed by atoms with Crippen LogP contribution in [0.4, 0.5) is 5.69 Å². The van der Waals surface area contributed by atoms with Gasteiger partial charge in [-0.1, -0.05) is 40.2 Å². The number of carbonyl (C=O) groups is 1. The molecule has 1 aliphatic carbocycles. The molecule has 0 spiro atoms. The molecule has 0 heterocycles. The number of rotatable bonds is 1. The topological polar surface area (TPSA) is 29.1 Å². The van der Waals surface area contributed by atoms with Gasteiger partial charge in [-0.2, -0.15) is 0 Å². The van der Waals surface area contributed by atoms with E-state index in [1.54, 1.807) is 0 Å². The molecule has 2 aromatic carbocycles. The lowest BCUT2D eigenvalue weighted by atomic mass is 10.0. The summed E-state index contributed by atoms with van der Waals surface area (Å²) in [6.07, 6.45) is 1.02. The third-order valence-corrected chi connectivity index (χ3v) is 4.02. The molecule has 1 atom stereocenters. The second-order valence-corrected chi connectivity index (χ2v) is 5.50. The van der Waals surface area contributed by atoms with E-state index >= 15 is 0 Å². The molecule has 86 valence electrons. The van der Waals surface area contributed by atoms with Crippen LogP contribution in [0.3, 0.4) is 0 Å². The number of halogens is 1. The number of hydrogen-bond acceptors (Lipinski definition) is 1. The molecule has 1 amide bonds. The highest BCUT2D eigenvalue weighted by Crippen LogP contribution is 2.43. The van der Waals surface area contributed by atoms with Crippen molar-refractivity contribution in [3.8, 4) is 0 Å². The van der Waals surface area contributed by atoms with Crippen molar-refractivity contribution < 1.29 is 4.79 Å². The van der Waals surface area contributed by atoms with Crippen LogP contribution in [-0.4, -0.2) is 5.91 Å². The van der Waals surface area contributed by atoms with E-state index < -0.39 is 0 Å². The van der Waals surface area contributed by atoms with Crippen molar-refractivity contribution in [2.24, 2.45) is 0 Å². The van der Waals surface area contributed by atoms with Gasteiger partial charge in [0.1, 0.15) is 0 Å². The second kappa shape index (κ2) is 3.84. The quantitative estimate of drug-likeness (QED) is 0.795. The predicted octanol–water partition coefficient (Wildman–Crippen LogP) is 3.79. The van der Waals surface area contributed by atoms with Crippen LogP contribution in [0, 0.1) is 0 Å². The zero-order valence-corrected chi connectivity index (χ0v) is 11.0. The Bertz CT molecular complexity index is 621. The third kappa shape index (κ3) is 1.65. The molecule has 0 saturated carbocycles. The van der Waals surface area contributed by atoms with E-state index in [4.69, 9.17) is 0 Å². The maximum absolute atomic E-state index is 11.2. The number of amides is 1. The van der Waals surface area contributed by atoms with E-state index in [9.17, 15) is 4.79 Å². The lowest BCUT2D eigenvalue weighted by molar-refractivity contribution is -0.114. The van der Waals surface area contributed by atoms with Gasteiger partial charge in [-0.3, -0.25) is 4.79 Å². The molecule has 1 aliphatic rings. The molecule has 0 radical (unpaired) electrons. The van der Waals surface area contributed by atoms with Crippen LogP contribution >= 0.6 is 15.9 Å². The Morgan fingerprint density at radius 1 is 1.35 bits per heavy atom. The average molecular weight is 290 g/mol. The summed E-state index contributed by atoms with van der Waals surface area (Å²) in [5.74, 6) is -0.0286. The molecule has 2 aromatic rings. The van der Waals surface area contributed by atoms with Gasteiger partial charge >= 0.3 is 0 Å². The number of hydrogen-bond donors (Lipinski definition) is 1. The van der Waals surface area contributed by atoms with E-state index in [2.05, 4.69) is 45.5 Å². The molecule has 2 nitrogen and oxygen atoms in total. The van der Waals surface area contributed by atoms with Crippen LogP contribution in [0.5, 0.6) is 0 Å². The van der Waals surface area contributed by atoms with Gasteiger partial charge in [0.05, 0.1) is 0 Å². The number of benzene rings is 2. The average Bonchev–Trinajstić information content (AvgIpc) is 2.60. The first-order valence-corrected chi connectivity index (χ1v) is 6.54. The number of alkyl halides is 1. The molecule has 0 bridgehead atoms. The van der Waals surface area contributed by atoms with Crippen molar-refractivity contribution in [2.45, 2.75) is 18.2 Å². The monoisotopic (exact) mass is 289 g/mol. The first-order valence-electron chi connectivity index (χ1n) is 5.63. The minimum atomic E-state index is -0.0286. The fraction of sp³-hybridized carbons (Fsp3) is 0.214. The van der Waals surface area contributed by atoms with Crippen LogP contribution in [0.2, 0.25) is 0 Å². The Balaban J connectivity index is 2.29. The fourth-order valence-electron chi connectivity index (χ4n) is 2.54. The van der Waals surface area contributed by atoms with Gasteiger partial charge in [-0.15, -0.1) is 0 Å². The lowest BCUT2D eigenvalue weighted by Crippen LogP contribution is -2.06. The highest BCUT2D eigenvalue weighted by Gasteiger charge is 2.23. The van der Waals surface area contributed by atoms with E-state index in [0.717, 1.165) is 17.5 Å². The minimum Gasteiger partial charge on any atom is -0.326 e. The van der Waals surface area contributed by atoms with Crippen LogP contribution in [0.1, 0.15) is 22.9 Å². The molecule has 0 saturated heterocycles. The van der Waals surface area contributed by atoms with E-state index in [0.29, 0.717) is 4.83 Å². The van der Waals surface area contributed by atoms with Gasteiger partial charge in [0.2, 0.25) is 5.91 Å². The molecule has 17 heavy (non-hydrogen) atoms. The van der Waals surface area contributed by atoms with Gasteiger partial charge in [0.15, 0.2) is 0 Å². The van der Waals surface area contributed by atoms with Crippen LogP contribution in [0.15, 0.2) is 30.3 Å². The molecule has 0 fully saturated rings. The fourth-order valence-corrected chi connectivity index (χ4v) is 3.27. The Labute approximate surface area is 108 Å². The van der Waals surface area contributed by atoms with E-state index in [-0.39, 0.29) is 5.91 Å². The summed E-state index contributed by atoms with van der Waals surface area (Å²) >= 11 is 3.70. The zero-order valence-electron chi connectivity index (χ0n) is 9.46. The van der Waals surface area contributed by atoms with Crippen molar-refractivity contribution in [2.75, 3.05) is 5.32 Å². The number of anilines is 1. The highest BCUT2D eigenvalue weighted by molar-refractivity contribution is 9.09. The normalized spacial score (nSPS) is 17.4. The molecule has 0 unspecified atom stereocenters. The Morgan fingerprint density at radius 2 is 2.18 bits per heavy atom. The van der Waals surface area contributed by atoms with Crippen molar-refractivity contribution in [3.63, 3.8) is 0 Å². The van der Waals surface area contributed by atoms with E-state index in [1.807, 2.05) is 6.07 Å². The summed E-state index contributed by atoms with van der Waals surface area (Å²) < 4.78 is 0. The summed E-state index contributed by atoms with van der Waals surface area (Å²) in [6.45, 7) is 1.54. The smallest absolute Gasteiger partial charge is 0.221 e. The molecular formula is C14H12BrNO. The van der Waals surface area contributed by atoms with Crippen LogP contribution in [0.25, 0.3) is 10.8 Å². The first-order chi connectivity index (χ1) is 8.16. The largest absolute Gasteiger partial charge is 0.326 e. The molecule has 0 aliphatic heterocycles. The predicted molar refractivity (Wildman–Crippen MR) is 73.6 cm³/mol. The third-order valence-electron chi connectivity index (χ3n) is 3.21. The summed E-state index contributed by atoms with van der Waals surface area (Å²) in [7, 11) is 0. The lowest BCUT2D eigenvalue weighted by Gasteiger charge is -2.09. The molecular weight excluding hydrogens is 278 g/mol. The van der Waals surface area contributed by atoms with Gasteiger partial charge in [-0.25, -0.2) is 0 Å². The molecule has 3 heteroatoms. The molecule has 1 N–H and O–H groups in total. The first kappa shape index (κ1) is 10.8. The Kier molecular flexibility index (Phi) is 2.44. The number of carbonyl (C=O) groups excluding carboxylic acids is 1. The van der Waals surface area contributed by atoms with Crippen molar-refractivity contribution in [1.82, 2.24) is 0 Å². The Morgan fingerprint density at radius 3 is 2.94 bits per heavy atom. The summed E-state index contributed by atoms with van der Waals surface area (Å²) in [4.78, 5) is 11.6. The zero-order chi connectivity index (χ0) is 12.0. The molecule has 0 aromatic heterocycles. The van der Waals surface area contributed by atoms with Crippen LogP contribution < -0.4 is 5.32 Å². The van der Waals surface area contributed by atoms with Crippen molar-refractivity contribution in [3.05, 3.63) is 41.5 Å². The highest BCUT2D eigenvalue weighted by atomic mass is 79.9. The van der Waals surface area contributed by atoms with Crippen molar-refractivity contribution >= 4 is 38.3 Å². The van der Waals surface area contributed by atoms with Crippen molar-refractivity contribution in [1.29, 1.82) is 0 Å². The second-order valence-electron chi connectivity index (χ2n) is 4.39. The SMILES string of the molecule is CC(=O)Nc1ccc2c3c(cccc13)C[C@H]2Br. The van der Waals surface area contributed by atoms with Crippen LogP contribution in [-0.2, 0) is 11.2 Å². The summed E-state index contributed by atoms with van der Waals surface area (Å²) in [5, 5.41) is 5.32. The summed E-state index contributed by atoms with van der Waals surface area (Å²) in [6, 6.07) is 10.4. The van der Waals surface area contributed by atoms with Gasteiger partial charge in [-0.05, 0) is 29.0 Å². The van der Waals surface area contributed by atoms with Gasteiger partial charge < -0.3 is 5.32 Å². The maximum atomic E-state index is 11.2. The molecule has 3 rings (SSSR count). The van der Waals surface area contributed by atoms with Gasteiger partial charge in [0, 0.05) is 22.8 Å². The standard InChI is InChI=1S/C14H12BrNO/c1-8(17)16-13-6-5-10-12(15)7-9-3-2-4-11(13)14(9)10/h2-6,12H,7H2,1H3,(H,16,17)/t12-/m1/s1. The minimum absolute atomic E-state index is 0.0286. The summed E-state index contributed by atoms with van der Waals surface area (Å²) in [5.41, 5.74) is 3.58. The Hall–Kier alpha value is -1.35. The van der Waals surface area contributed by atoms with E-state index in [1.165, 1.54) is 23.4 Å².